The van der Waals surface area contributed by atoms with Gasteiger partial charge in [-0.25, -0.2) is 9.97 Å². The second kappa shape index (κ2) is 5.13. The van der Waals surface area contributed by atoms with Gasteiger partial charge in [-0.05, 0) is 41.4 Å². The monoisotopic (exact) mass is 370 g/mol. The van der Waals surface area contributed by atoms with E-state index >= 15 is 0 Å². The summed E-state index contributed by atoms with van der Waals surface area (Å²) in [6.07, 6.45) is 3.55. The predicted octanol–water partition coefficient (Wildman–Crippen LogP) is 4.35. The minimum absolute atomic E-state index is 0.570. The van der Waals surface area contributed by atoms with Gasteiger partial charge in [0.05, 0.1) is 9.26 Å². The van der Waals surface area contributed by atoms with Crippen LogP contribution in [0.15, 0.2) is 30.3 Å². The number of hydrogen-bond donors (Lipinski definition) is 0. The highest BCUT2D eigenvalue weighted by atomic mass is 127. The first-order valence-electron chi connectivity index (χ1n) is 6.01. The average molecular weight is 371 g/mol. The predicted molar refractivity (Wildman–Crippen MR) is 81.6 cm³/mol. The van der Waals surface area contributed by atoms with E-state index in [-0.39, 0.29) is 0 Å². The Morgan fingerprint density at radius 2 is 1.89 bits per heavy atom. The minimum atomic E-state index is 0.570. The summed E-state index contributed by atoms with van der Waals surface area (Å²) in [5.41, 5.74) is 2.05. The molecule has 0 saturated heterocycles. The van der Waals surface area contributed by atoms with Gasteiger partial charge >= 0.3 is 0 Å². The van der Waals surface area contributed by atoms with Gasteiger partial charge in [0.2, 0.25) is 0 Å². The quantitative estimate of drug-likeness (QED) is 0.593. The largest absolute Gasteiger partial charge is 0.232 e. The van der Waals surface area contributed by atoms with Crippen molar-refractivity contribution in [2.45, 2.75) is 19.3 Å². The van der Waals surface area contributed by atoms with Crippen molar-refractivity contribution in [3.05, 3.63) is 44.9 Å². The maximum absolute atomic E-state index is 6.21. The maximum atomic E-state index is 6.21. The third kappa shape index (κ3) is 2.67. The number of halogens is 2. The fourth-order valence-electron chi connectivity index (χ4n) is 1.92. The van der Waals surface area contributed by atoms with Gasteiger partial charge in [-0.2, -0.15) is 0 Å². The molecule has 1 heterocycles. The van der Waals surface area contributed by atoms with Crippen LogP contribution in [0.5, 0.6) is 0 Å². The lowest BCUT2D eigenvalue weighted by atomic mass is 10.1. The zero-order chi connectivity index (χ0) is 12.5. The summed E-state index contributed by atoms with van der Waals surface area (Å²) < 4.78 is 0.931. The summed E-state index contributed by atoms with van der Waals surface area (Å²) in [4.78, 5) is 9.07. The molecule has 0 unspecified atom stereocenters. The molecule has 1 aliphatic rings. The minimum Gasteiger partial charge on any atom is -0.232 e. The van der Waals surface area contributed by atoms with E-state index in [0.29, 0.717) is 5.15 Å². The molecule has 1 fully saturated rings. The Hall–Kier alpha value is -0.680. The van der Waals surface area contributed by atoms with Gasteiger partial charge in [0.1, 0.15) is 11.0 Å². The number of aromatic nitrogens is 2. The van der Waals surface area contributed by atoms with Crippen molar-refractivity contribution in [2.75, 3.05) is 0 Å². The molecule has 0 atom stereocenters. The second-order valence-electron chi connectivity index (χ2n) is 4.61. The van der Waals surface area contributed by atoms with E-state index in [2.05, 4.69) is 44.7 Å². The van der Waals surface area contributed by atoms with E-state index in [4.69, 9.17) is 11.6 Å². The van der Waals surface area contributed by atoms with Crippen LogP contribution in [-0.4, -0.2) is 9.97 Å². The molecule has 3 rings (SSSR count). The Kier molecular flexibility index (Phi) is 3.52. The highest BCUT2D eigenvalue weighted by Gasteiger charge is 2.24. The molecule has 0 radical (unpaired) electrons. The topological polar surface area (TPSA) is 25.8 Å². The molecule has 0 aliphatic heterocycles. The maximum Gasteiger partial charge on any atom is 0.146 e. The van der Waals surface area contributed by atoms with Crippen LogP contribution in [0.2, 0.25) is 5.15 Å². The molecule has 92 valence electrons. The van der Waals surface area contributed by atoms with E-state index in [0.717, 1.165) is 33.0 Å². The lowest BCUT2D eigenvalue weighted by molar-refractivity contribution is 0.769. The van der Waals surface area contributed by atoms with Gasteiger partial charge in [0, 0.05) is 12.0 Å². The molecule has 18 heavy (non-hydrogen) atoms. The standard InChI is InChI=1S/C14H12ClIN2/c15-14-12(16)13(10-4-2-1-3-5-10)17-11(18-14)8-9-6-7-9/h1-5,9H,6-8H2. The molecule has 0 N–H and O–H groups in total. The summed E-state index contributed by atoms with van der Waals surface area (Å²) in [6, 6.07) is 10.2. The summed E-state index contributed by atoms with van der Waals surface area (Å²) >= 11 is 8.43. The van der Waals surface area contributed by atoms with Gasteiger partial charge in [0.15, 0.2) is 0 Å². The van der Waals surface area contributed by atoms with E-state index in [1.54, 1.807) is 0 Å². The zero-order valence-corrected chi connectivity index (χ0v) is 12.6. The fraction of sp³-hybridized carbons (Fsp3) is 0.286. The smallest absolute Gasteiger partial charge is 0.146 e. The number of hydrogen-bond acceptors (Lipinski definition) is 2. The molecule has 1 aliphatic carbocycles. The Labute approximate surface area is 125 Å². The van der Waals surface area contributed by atoms with Crippen LogP contribution in [0.25, 0.3) is 11.3 Å². The van der Waals surface area contributed by atoms with Gasteiger partial charge in [-0.1, -0.05) is 41.9 Å². The SMILES string of the molecule is Clc1nc(CC2CC2)nc(-c2ccccc2)c1I. The van der Waals surface area contributed by atoms with Crippen LogP contribution < -0.4 is 0 Å². The van der Waals surface area contributed by atoms with Crippen molar-refractivity contribution in [3.8, 4) is 11.3 Å². The van der Waals surface area contributed by atoms with Crippen LogP contribution in [0, 0.1) is 9.49 Å². The lowest BCUT2D eigenvalue weighted by Crippen LogP contribution is -2.01. The van der Waals surface area contributed by atoms with Crippen LogP contribution >= 0.6 is 34.2 Å². The molecule has 2 nitrogen and oxygen atoms in total. The molecular formula is C14H12ClIN2. The number of nitrogens with zero attached hydrogens (tertiary/aromatic N) is 2. The third-order valence-electron chi connectivity index (χ3n) is 3.07. The first-order chi connectivity index (χ1) is 8.74. The van der Waals surface area contributed by atoms with Crippen molar-refractivity contribution in [2.24, 2.45) is 5.92 Å². The van der Waals surface area contributed by atoms with Crippen molar-refractivity contribution in [1.29, 1.82) is 0 Å². The Balaban J connectivity index is 2.03. The summed E-state index contributed by atoms with van der Waals surface area (Å²) in [5.74, 6) is 1.64. The molecule has 4 heteroatoms. The molecule has 0 amide bonds. The van der Waals surface area contributed by atoms with Crippen molar-refractivity contribution in [1.82, 2.24) is 9.97 Å². The molecule has 1 saturated carbocycles. The first kappa shape index (κ1) is 12.4. The lowest BCUT2D eigenvalue weighted by Gasteiger charge is -2.08. The summed E-state index contributed by atoms with van der Waals surface area (Å²) in [7, 11) is 0. The molecule has 1 aromatic heterocycles. The molecular weight excluding hydrogens is 359 g/mol. The zero-order valence-electron chi connectivity index (χ0n) is 9.74. The Morgan fingerprint density at radius 3 is 2.56 bits per heavy atom. The van der Waals surface area contributed by atoms with Crippen molar-refractivity contribution < 1.29 is 0 Å². The fourth-order valence-corrected chi connectivity index (χ4v) is 2.66. The first-order valence-corrected chi connectivity index (χ1v) is 7.47. The summed E-state index contributed by atoms with van der Waals surface area (Å²) in [6.45, 7) is 0. The summed E-state index contributed by atoms with van der Waals surface area (Å²) in [5, 5.41) is 0.570. The van der Waals surface area contributed by atoms with Crippen molar-refractivity contribution in [3.63, 3.8) is 0 Å². The number of rotatable bonds is 3. The van der Waals surface area contributed by atoms with Gasteiger partial charge in [-0.15, -0.1) is 0 Å². The van der Waals surface area contributed by atoms with Gasteiger partial charge in [0.25, 0.3) is 0 Å². The average Bonchev–Trinajstić information content (AvgIpc) is 3.18. The number of benzene rings is 1. The van der Waals surface area contributed by atoms with Crippen LogP contribution in [0.4, 0.5) is 0 Å². The van der Waals surface area contributed by atoms with E-state index in [1.165, 1.54) is 12.8 Å². The van der Waals surface area contributed by atoms with Gasteiger partial charge in [-0.3, -0.25) is 0 Å². The van der Waals surface area contributed by atoms with E-state index in [9.17, 15) is 0 Å². The van der Waals surface area contributed by atoms with E-state index < -0.39 is 0 Å². The highest BCUT2D eigenvalue weighted by Crippen LogP contribution is 2.33. The van der Waals surface area contributed by atoms with Crippen LogP contribution in [0.3, 0.4) is 0 Å². The molecule has 0 bridgehead atoms. The Morgan fingerprint density at radius 1 is 1.17 bits per heavy atom. The van der Waals surface area contributed by atoms with Crippen LogP contribution in [-0.2, 0) is 6.42 Å². The van der Waals surface area contributed by atoms with E-state index in [1.807, 2.05) is 18.2 Å². The molecule has 2 aromatic rings. The van der Waals surface area contributed by atoms with Gasteiger partial charge < -0.3 is 0 Å². The molecule has 1 aromatic carbocycles. The Bertz CT molecular complexity index is 568. The second-order valence-corrected chi connectivity index (χ2v) is 6.04. The van der Waals surface area contributed by atoms with Crippen LogP contribution in [0.1, 0.15) is 18.7 Å². The highest BCUT2D eigenvalue weighted by molar-refractivity contribution is 14.1. The molecule has 0 spiro atoms. The van der Waals surface area contributed by atoms with Crippen molar-refractivity contribution >= 4 is 34.2 Å². The third-order valence-corrected chi connectivity index (χ3v) is 4.69. The normalized spacial score (nSPS) is 14.8.